The van der Waals surface area contributed by atoms with Crippen LogP contribution in [-0.4, -0.2) is 31.2 Å². The number of fused-ring (bicyclic) bond motifs is 1. The van der Waals surface area contributed by atoms with Crippen molar-refractivity contribution in [2.45, 2.75) is 39.7 Å². The van der Waals surface area contributed by atoms with E-state index < -0.39 is 16.8 Å². The summed E-state index contributed by atoms with van der Waals surface area (Å²) in [7, 11) is 1.82. The number of rotatable bonds is 5. The van der Waals surface area contributed by atoms with Gasteiger partial charge in [0.25, 0.3) is 0 Å². The van der Waals surface area contributed by atoms with Crippen molar-refractivity contribution in [2.75, 3.05) is 0 Å². The molecule has 0 amide bonds. The molecule has 0 bridgehead atoms. The molecule has 0 aliphatic heterocycles. The number of nitrogens with zero attached hydrogens (tertiary/aromatic N) is 3. The maximum absolute atomic E-state index is 12.2. The first-order valence-electron chi connectivity index (χ1n) is 8.87. The van der Waals surface area contributed by atoms with Gasteiger partial charge < -0.3 is 10.2 Å². The van der Waals surface area contributed by atoms with Crippen LogP contribution in [0.5, 0.6) is 0 Å². The summed E-state index contributed by atoms with van der Waals surface area (Å²) in [6.45, 7) is 7.24. The number of benzene rings is 2. The smallest absolute Gasteiger partial charge is 0.310 e. The highest BCUT2D eigenvalue weighted by atomic mass is 16.4. The number of aliphatic hydroxyl groups excluding tert-OH is 1. The first-order valence-corrected chi connectivity index (χ1v) is 8.87. The van der Waals surface area contributed by atoms with Crippen LogP contribution in [0.2, 0.25) is 0 Å². The Hall–Kier alpha value is -2.73. The highest BCUT2D eigenvalue weighted by molar-refractivity contribution is 5.80. The van der Waals surface area contributed by atoms with Gasteiger partial charge in [0.15, 0.2) is 0 Å². The fourth-order valence-corrected chi connectivity index (χ4v) is 3.61. The summed E-state index contributed by atoms with van der Waals surface area (Å²) in [6.07, 6.45) is 0. The molecular weight excluding hydrogens is 342 g/mol. The Balaban J connectivity index is 2.31. The fourth-order valence-electron chi connectivity index (χ4n) is 3.61. The zero-order valence-corrected chi connectivity index (χ0v) is 16.3. The first kappa shape index (κ1) is 19.0. The number of aliphatic hydroxyl groups is 1. The summed E-state index contributed by atoms with van der Waals surface area (Å²) >= 11 is 0. The molecule has 0 aliphatic rings. The number of aliphatic carboxylic acids is 1. The van der Waals surface area contributed by atoms with Gasteiger partial charge in [-0.2, -0.15) is 0 Å². The zero-order valence-electron chi connectivity index (χ0n) is 16.3. The van der Waals surface area contributed by atoms with Gasteiger partial charge in [-0.15, -0.1) is 5.10 Å². The third-order valence-corrected chi connectivity index (χ3v) is 6.07. The molecule has 0 spiro atoms. The second-order valence-electron chi connectivity index (χ2n) is 7.77. The summed E-state index contributed by atoms with van der Waals surface area (Å²) in [4.78, 5) is 12.2. The SMILES string of the molecule is Cc1ccc(C(C)(c2ccc3c(c2)nnn3C)C(C)(C)C(=O)O)cc1CO. The van der Waals surface area contributed by atoms with Crippen LogP contribution in [-0.2, 0) is 23.9 Å². The van der Waals surface area contributed by atoms with Crippen molar-refractivity contribution < 1.29 is 15.0 Å². The Labute approximate surface area is 158 Å². The molecule has 1 unspecified atom stereocenters. The summed E-state index contributed by atoms with van der Waals surface area (Å²) in [6, 6.07) is 11.5. The van der Waals surface area contributed by atoms with E-state index in [0.717, 1.165) is 33.3 Å². The van der Waals surface area contributed by atoms with Crippen molar-refractivity contribution in [1.82, 2.24) is 15.0 Å². The summed E-state index contributed by atoms with van der Waals surface area (Å²) < 4.78 is 1.69. The van der Waals surface area contributed by atoms with E-state index in [2.05, 4.69) is 10.3 Å². The Morgan fingerprint density at radius 1 is 1.11 bits per heavy atom. The van der Waals surface area contributed by atoms with Crippen LogP contribution in [0.4, 0.5) is 0 Å². The Bertz CT molecular complexity index is 1020. The quantitative estimate of drug-likeness (QED) is 0.723. The van der Waals surface area contributed by atoms with Crippen LogP contribution in [0, 0.1) is 12.3 Å². The number of carboxylic acid groups (broad SMARTS) is 1. The van der Waals surface area contributed by atoms with Gasteiger partial charge in [-0.05, 0) is 55.2 Å². The molecule has 1 heterocycles. The molecule has 0 aliphatic carbocycles. The van der Waals surface area contributed by atoms with Gasteiger partial charge in [0.2, 0.25) is 0 Å². The van der Waals surface area contributed by atoms with Crippen molar-refractivity contribution in [3.8, 4) is 0 Å². The normalized spacial score (nSPS) is 14.3. The van der Waals surface area contributed by atoms with E-state index in [0.29, 0.717) is 0 Å². The van der Waals surface area contributed by atoms with E-state index in [9.17, 15) is 15.0 Å². The largest absolute Gasteiger partial charge is 0.481 e. The Kier molecular flexibility index (Phi) is 4.56. The number of hydrogen-bond donors (Lipinski definition) is 2. The number of aromatic nitrogens is 3. The van der Waals surface area contributed by atoms with Crippen LogP contribution in [0.3, 0.4) is 0 Å². The second kappa shape index (κ2) is 6.46. The van der Waals surface area contributed by atoms with Crippen molar-refractivity contribution in [1.29, 1.82) is 0 Å². The van der Waals surface area contributed by atoms with Crippen molar-refractivity contribution in [3.63, 3.8) is 0 Å². The Morgan fingerprint density at radius 3 is 2.37 bits per heavy atom. The van der Waals surface area contributed by atoms with E-state index in [1.165, 1.54) is 0 Å². The fraction of sp³-hybridized carbons (Fsp3) is 0.381. The second-order valence-corrected chi connectivity index (χ2v) is 7.77. The van der Waals surface area contributed by atoms with Gasteiger partial charge in [0.05, 0.1) is 17.5 Å². The minimum Gasteiger partial charge on any atom is -0.481 e. The number of carbonyl (C=O) groups is 1. The monoisotopic (exact) mass is 367 g/mol. The van der Waals surface area contributed by atoms with Gasteiger partial charge in [0, 0.05) is 12.5 Å². The van der Waals surface area contributed by atoms with E-state index in [-0.39, 0.29) is 6.61 Å². The summed E-state index contributed by atoms with van der Waals surface area (Å²) in [5, 5.41) is 27.9. The first-order chi connectivity index (χ1) is 12.6. The van der Waals surface area contributed by atoms with Crippen LogP contribution in [0.1, 0.15) is 43.0 Å². The molecule has 2 N–H and O–H groups in total. The maximum Gasteiger partial charge on any atom is 0.310 e. The zero-order chi connectivity index (χ0) is 20.0. The predicted molar refractivity (Wildman–Crippen MR) is 103 cm³/mol. The van der Waals surface area contributed by atoms with E-state index in [1.807, 2.05) is 57.3 Å². The van der Waals surface area contributed by atoms with E-state index in [1.54, 1.807) is 18.5 Å². The molecule has 0 saturated heterocycles. The highest BCUT2D eigenvalue weighted by Crippen LogP contribution is 2.48. The van der Waals surface area contributed by atoms with Crippen LogP contribution < -0.4 is 0 Å². The van der Waals surface area contributed by atoms with Crippen LogP contribution in [0.15, 0.2) is 36.4 Å². The standard InChI is InChI=1S/C21H25N3O3/c1-13-6-7-15(10-14(13)12-25)21(4,20(2,3)19(26)27)16-8-9-18-17(11-16)22-23-24(18)5/h6-11,25H,12H2,1-5H3,(H,26,27). The third-order valence-electron chi connectivity index (χ3n) is 6.07. The topological polar surface area (TPSA) is 88.2 Å². The van der Waals surface area contributed by atoms with Crippen LogP contribution >= 0.6 is 0 Å². The molecule has 0 radical (unpaired) electrons. The lowest BCUT2D eigenvalue weighted by Gasteiger charge is -2.42. The Morgan fingerprint density at radius 2 is 1.74 bits per heavy atom. The molecule has 3 aromatic rings. The molecule has 142 valence electrons. The van der Waals surface area contributed by atoms with Gasteiger partial charge in [-0.1, -0.05) is 36.4 Å². The highest BCUT2D eigenvalue weighted by Gasteiger charge is 2.49. The molecule has 2 aromatic carbocycles. The molecule has 0 saturated carbocycles. The number of hydrogen-bond acceptors (Lipinski definition) is 4. The minimum atomic E-state index is -1.11. The summed E-state index contributed by atoms with van der Waals surface area (Å²) in [5.41, 5.74) is 3.10. The third kappa shape index (κ3) is 2.80. The van der Waals surface area contributed by atoms with Gasteiger partial charge in [-0.3, -0.25) is 4.79 Å². The van der Waals surface area contributed by atoms with Crippen molar-refractivity contribution in [3.05, 3.63) is 58.7 Å². The molecule has 0 fully saturated rings. The molecular formula is C21H25N3O3. The lowest BCUT2D eigenvalue weighted by Crippen LogP contribution is -2.46. The predicted octanol–water partition coefficient (Wildman–Crippen LogP) is 3.19. The number of carboxylic acids is 1. The molecule has 1 atom stereocenters. The van der Waals surface area contributed by atoms with E-state index in [4.69, 9.17) is 0 Å². The molecule has 1 aromatic heterocycles. The van der Waals surface area contributed by atoms with Crippen molar-refractivity contribution >= 4 is 17.0 Å². The lowest BCUT2D eigenvalue weighted by atomic mass is 9.59. The summed E-state index contributed by atoms with van der Waals surface area (Å²) in [5.74, 6) is -0.893. The van der Waals surface area contributed by atoms with Gasteiger partial charge in [0.1, 0.15) is 5.52 Å². The average Bonchev–Trinajstić information content (AvgIpc) is 3.01. The van der Waals surface area contributed by atoms with Gasteiger partial charge in [-0.25, -0.2) is 4.68 Å². The van der Waals surface area contributed by atoms with Crippen LogP contribution in [0.25, 0.3) is 11.0 Å². The molecule has 6 heteroatoms. The maximum atomic E-state index is 12.2. The lowest BCUT2D eigenvalue weighted by molar-refractivity contribution is -0.150. The van der Waals surface area contributed by atoms with E-state index >= 15 is 0 Å². The number of aryl methyl sites for hydroxylation is 2. The molecule has 6 nitrogen and oxygen atoms in total. The molecule has 27 heavy (non-hydrogen) atoms. The minimum absolute atomic E-state index is 0.0908. The average molecular weight is 367 g/mol. The van der Waals surface area contributed by atoms with Crippen molar-refractivity contribution in [2.24, 2.45) is 12.5 Å². The van der Waals surface area contributed by atoms with Gasteiger partial charge >= 0.3 is 5.97 Å². The molecule has 3 rings (SSSR count).